The highest BCUT2D eigenvalue weighted by atomic mass is 35.5. The summed E-state index contributed by atoms with van der Waals surface area (Å²) in [5, 5.41) is 3.30. The lowest BCUT2D eigenvalue weighted by atomic mass is 10.2. The molecular formula is C14H21ClN2O4S. The first-order chi connectivity index (χ1) is 10.3. The van der Waals surface area contributed by atoms with Gasteiger partial charge in [-0.15, -0.1) is 0 Å². The van der Waals surface area contributed by atoms with Crippen molar-refractivity contribution in [3.05, 3.63) is 28.8 Å². The number of amides is 1. The SMILES string of the molecule is COCCN(CCC(=O)Nc1cccc(Cl)c1C)S(C)(=O)=O. The van der Waals surface area contributed by atoms with Gasteiger partial charge in [-0.05, 0) is 24.6 Å². The minimum atomic E-state index is -3.37. The third kappa shape index (κ3) is 5.92. The molecule has 0 atom stereocenters. The summed E-state index contributed by atoms with van der Waals surface area (Å²) >= 11 is 5.99. The third-order valence-electron chi connectivity index (χ3n) is 3.14. The predicted octanol–water partition coefficient (Wildman–Crippen LogP) is 1.89. The van der Waals surface area contributed by atoms with E-state index in [2.05, 4.69) is 5.32 Å². The van der Waals surface area contributed by atoms with Gasteiger partial charge >= 0.3 is 0 Å². The lowest BCUT2D eigenvalue weighted by molar-refractivity contribution is -0.116. The van der Waals surface area contributed by atoms with Crippen LogP contribution < -0.4 is 5.32 Å². The van der Waals surface area contributed by atoms with Gasteiger partial charge in [0.05, 0.1) is 12.9 Å². The van der Waals surface area contributed by atoms with Gasteiger partial charge in [-0.25, -0.2) is 8.42 Å². The maximum atomic E-state index is 12.0. The molecule has 6 nitrogen and oxygen atoms in total. The van der Waals surface area contributed by atoms with E-state index >= 15 is 0 Å². The summed E-state index contributed by atoms with van der Waals surface area (Å²) in [4.78, 5) is 12.0. The van der Waals surface area contributed by atoms with Crippen LogP contribution >= 0.6 is 11.6 Å². The van der Waals surface area contributed by atoms with Gasteiger partial charge in [0.1, 0.15) is 0 Å². The summed E-state index contributed by atoms with van der Waals surface area (Å²) < 4.78 is 29.4. The summed E-state index contributed by atoms with van der Waals surface area (Å²) in [5.74, 6) is -0.267. The number of hydrogen-bond acceptors (Lipinski definition) is 4. The number of carbonyl (C=O) groups excluding carboxylic acids is 1. The van der Waals surface area contributed by atoms with E-state index in [9.17, 15) is 13.2 Å². The Morgan fingerprint density at radius 2 is 2.05 bits per heavy atom. The zero-order valence-electron chi connectivity index (χ0n) is 12.9. The molecule has 0 heterocycles. The van der Waals surface area contributed by atoms with Crippen molar-refractivity contribution in [3.8, 4) is 0 Å². The van der Waals surface area contributed by atoms with Crippen LogP contribution in [-0.4, -0.2) is 51.7 Å². The van der Waals surface area contributed by atoms with Crippen molar-refractivity contribution < 1.29 is 17.9 Å². The quantitative estimate of drug-likeness (QED) is 0.778. The molecule has 22 heavy (non-hydrogen) atoms. The zero-order valence-corrected chi connectivity index (χ0v) is 14.5. The summed E-state index contributed by atoms with van der Waals surface area (Å²) in [6.45, 7) is 2.41. The number of anilines is 1. The average Bonchev–Trinajstić information content (AvgIpc) is 2.42. The molecular weight excluding hydrogens is 328 g/mol. The average molecular weight is 349 g/mol. The Labute approximate surface area is 136 Å². The van der Waals surface area contributed by atoms with Crippen molar-refractivity contribution in [1.29, 1.82) is 0 Å². The summed E-state index contributed by atoms with van der Waals surface area (Å²) in [7, 11) is -1.87. The molecule has 0 saturated heterocycles. The van der Waals surface area contributed by atoms with Crippen LogP contribution in [0.15, 0.2) is 18.2 Å². The van der Waals surface area contributed by atoms with Gasteiger partial charge in [-0.2, -0.15) is 4.31 Å². The number of halogens is 1. The molecule has 0 radical (unpaired) electrons. The number of benzene rings is 1. The molecule has 0 aliphatic heterocycles. The van der Waals surface area contributed by atoms with Crippen molar-refractivity contribution in [1.82, 2.24) is 4.31 Å². The highest BCUT2D eigenvalue weighted by molar-refractivity contribution is 7.88. The lowest BCUT2D eigenvalue weighted by Gasteiger charge is -2.19. The highest BCUT2D eigenvalue weighted by Gasteiger charge is 2.17. The van der Waals surface area contributed by atoms with Crippen LogP contribution in [0.1, 0.15) is 12.0 Å². The second kappa shape index (κ2) is 8.47. The summed E-state index contributed by atoms with van der Waals surface area (Å²) in [6.07, 6.45) is 1.17. The summed E-state index contributed by atoms with van der Waals surface area (Å²) in [6, 6.07) is 5.23. The predicted molar refractivity (Wildman–Crippen MR) is 87.7 cm³/mol. The van der Waals surface area contributed by atoms with Gasteiger partial charge < -0.3 is 10.1 Å². The molecule has 0 fully saturated rings. The topological polar surface area (TPSA) is 75.7 Å². The van der Waals surface area contributed by atoms with E-state index < -0.39 is 10.0 Å². The fraction of sp³-hybridized carbons (Fsp3) is 0.500. The largest absolute Gasteiger partial charge is 0.383 e. The zero-order chi connectivity index (χ0) is 16.8. The fourth-order valence-corrected chi connectivity index (χ4v) is 2.82. The summed E-state index contributed by atoms with van der Waals surface area (Å²) in [5.41, 5.74) is 1.40. The van der Waals surface area contributed by atoms with Gasteiger partial charge in [0.25, 0.3) is 0 Å². The Hall–Kier alpha value is -1.15. The molecule has 8 heteroatoms. The lowest BCUT2D eigenvalue weighted by Crippen LogP contribution is -2.35. The fourth-order valence-electron chi connectivity index (χ4n) is 1.82. The smallest absolute Gasteiger partial charge is 0.225 e. The van der Waals surface area contributed by atoms with Gasteiger partial charge in [0.2, 0.25) is 15.9 Å². The standard InChI is InChI=1S/C14H21ClN2O4S/c1-11-12(15)5-4-6-13(11)16-14(18)7-8-17(9-10-21-2)22(3,19)20/h4-6H,7-10H2,1-3H3,(H,16,18). The Balaban J connectivity index is 2.62. The van der Waals surface area contributed by atoms with Gasteiger partial charge in [-0.1, -0.05) is 17.7 Å². The van der Waals surface area contributed by atoms with Crippen molar-refractivity contribution in [2.45, 2.75) is 13.3 Å². The van der Waals surface area contributed by atoms with Crippen molar-refractivity contribution >= 4 is 33.2 Å². The first-order valence-corrected chi connectivity index (χ1v) is 8.97. The molecule has 0 saturated carbocycles. The second-order valence-corrected chi connectivity index (χ2v) is 7.26. The van der Waals surface area contributed by atoms with Crippen LogP contribution in [-0.2, 0) is 19.6 Å². The van der Waals surface area contributed by atoms with Crippen molar-refractivity contribution in [2.75, 3.05) is 38.4 Å². The maximum absolute atomic E-state index is 12.0. The van der Waals surface area contributed by atoms with E-state index in [0.717, 1.165) is 11.8 Å². The van der Waals surface area contributed by atoms with E-state index in [1.165, 1.54) is 11.4 Å². The van der Waals surface area contributed by atoms with Crippen LogP contribution in [0.25, 0.3) is 0 Å². The molecule has 1 amide bonds. The van der Waals surface area contributed by atoms with Crippen LogP contribution in [0.3, 0.4) is 0 Å². The number of ether oxygens (including phenoxy) is 1. The number of nitrogens with zero attached hydrogens (tertiary/aromatic N) is 1. The molecule has 0 aliphatic carbocycles. The molecule has 124 valence electrons. The van der Waals surface area contributed by atoms with Gasteiger partial charge in [-0.3, -0.25) is 4.79 Å². The molecule has 0 aliphatic rings. The first-order valence-electron chi connectivity index (χ1n) is 6.74. The molecule has 0 unspecified atom stereocenters. The van der Waals surface area contributed by atoms with Gasteiger partial charge in [0.15, 0.2) is 0 Å². The molecule has 0 spiro atoms. The molecule has 1 aromatic rings. The van der Waals surface area contributed by atoms with Crippen LogP contribution in [0.5, 0.6) is 0 Å². The number of rotatable bonds is 8. The van der Waals surface area contributed by atoms with E-state index in [0.29, 0.717) is 10.7 Å². The van der Waals surface area contributed by atoms with Crippen LogP contribution in [0.2, 0.25) is 5.02 Å². The highest BCUT2D eigenvalue weighted by Crippen LogP contribution is 2.22. The van der Waals surface area contributed by atoms with E-state index in [4.69, 9.17) is 16.3 Å². The number of sulfonamides is 1. The van der Waals surface area contributed by atoms with E-state index in [1.807, 2.05) is 0 Å². The minimum Gasteiger partial charge on any atom is -0.383 e. The van der Waals surface area contributed by atoms with E-state index in [-0.39, 0.29) is 32.0 Å². The van der Waals surface area contributed by atoms with Crippen molar-refractivity contribution in [2.24, 2.45) is 0 Å². The first kappa shape index (κ1) is 18.9. The molecule has 1 rings (SSSR count). The Morgan fingerprint density at radius 3 is 2.64 bits per heavy atom. The number of hydrogen-bond donors (Lipinski definition) is 1. The Bertz CT molecular complexity index is 619. The van der Waals surface area contributed by atoms with Crippen LogP contribution in [0, 0.1) is 6.92 Å². The number of carbonyl (C=O) groups is 1. The van der Waals surface area contributed by atoms with Gasteiger partial charge in [0, 0.05) is 37.3 Å². The monoisotopic (exact) mass is 348 g/mol. The molecule has 1 N–H and O–H groups in total. The van der Waals surface area contributed by atoms with Crippen LogP contribution in [0.4, 0.5) is 5.69 Å². The third-order valence-corrected chi connectivity index (χ3v) is 4.86. The number of nitrogens with one attached hydrogen (secondary N) is 1. The second-order valence-electron chi connectivity index (χ2n) is 4.87. The number of methoxy groups -OCH3 is 1. The maximum Gasteiger partial charge on any atom is 0.225 e. The molecule has 1 aromatic carbocycles. The minimum absolute atomic E-state index is 0.0583. The molecule has 0 aromatic heterocycles. The van der Waals surface area contributed by atoms with Crippen molar-refractivity contribution in [3.63, 3.8) is 0 Å². The Kier molecular flexibility index (Phi) is 7.28. The Morgan fingerprint density at radius 1 is 1.36 bits per heavy atom. The normalized spacial score (nSPS) is 11.7. The molecule has 0 bridgehead atoms. The van der Waals surface area contributed by atoms with E-state index in [1.54, 1.807) is 25.1 Å².